The van der Waals surface area contributed by atoms with Crippen LogP contribution in [0.15, 0.2) is 0 Å². The van der Waals surface area contributed by atoms with Crippen LogP contribution in [0.1, 0.15) is 46.0 Å². The summed E-state index contributed by atoms with van der Waals surface area (Å²) >= 11 is 0. The molecule has 0 amide bonds. The van der Waals surface area contributed by atoms with Crippen LogP contribution >= 0.6 is 0 Å². The minimum absolute atomic E-state index is 0.275. The Kier molecular flexibility index (Phi) is 4.68. The van der Waals surface area contributed by atoms with Crippen LogP contribution in [0, 0.1) is 11.8 Å². The average molecular weight is 254 g/mol. The Hall–Kier alpha value is -0.120. The van der Waals surface area contributed by atoms with Crippen LogP contribution in [0.2, 0.25) is 0 Å². The fourth-order valence-corrected chi connectivity index (χ4v) is 4.43. The number of ether oxygens (including phenoxy) is 1. The van der Waals surface area contributed by atoms with E-state index in [1.165, 1.54) is 32.1 Å². The van der Waals surface area contributed by atoms with E-state index in [1.807, 2.05) is 0 Å². The molecule has 4 atom stereocenters. The molecule has 0 aromatic heterocycles. The lowest BCUT2D eigenvalue weighted by Gasteiger charge is -2.49. The van der Waals surface area contributed by atoms with Crippen LogP contribution in [0.5, 0.6) is 0 Å². The molecule has 2 N–H and O–H groups in total. The first kappa shape index (κ1) is 14.3. The van der Waals surface area contributed by atoms with Gasteiger partial charge in [-0.3, -0.25) is 4.90 Å². The van der Waals surface area contributed by atoms with Crippen LogP contribution < -0.4 is 5.73 Å². The summed E-state index contributed by atoms with van der Waals surface area (Å²) in [5, 5.41) is 0. The van der Waals surface area contributed by atoms with Crippen LogP contribution in [0.3, 0.4) is 0 Å². The minimum Gasteiger partial charge on any atom is -0.383 e. The number of fused-ring (bicyclic) bond motifs is 2. The molecule has 106 valence electrons. The molecular weight excluding hydrogens is 224 g/mol. The van der Waals surface area contributed by atoms with Gasteiger partial charge in [0, 0.05) is 31.8 Å². The van der Waals surface area contributed by atoms with Gasteiger partial charge in [-0.2, -0.15) is 0 Å². The second-order valence-corrected chi connectivity index (χ2v) is 6.33. The van der Waals surface area contributed by atoms with Gasteiger partial charge in [0.1, 0.15) is 0 Å². The fourth-order valence-electron chi connectivity index (χ4n) is 4.43. The van der Waals surface area contributed by atoms with Crippen molar-refractivity contribution in [3.8, 4) is 0 Å². The Morgan fingerprint density at radius 2 is 2.22 bits per heavy atom. The Morgan fingerprint density at radius 1 is 1.44 bits per heavy atom. The van der Waals surface area contributed by atoms with Crippen molar-refractivity contribution in [2.45, 2.75) is 57.5 Å². The topological polar surface area (TPSA) is 38.5 Å². The molecule has 0 aromatic carbocycles. The van der Waals surface area contributed by atoms with Gasteiger partial charge in [-0.25, -0.2) is 0 Å². The van der Waals surface area contributed by atoms with Gasteiger partial charge in [0.15, 0.2) is 0 Å². The van der Waals surface area contributed by atoms with E-state index in [4.69, 9.17) is 10.5 Å². The largest absolute Gasteiger partial charge is 0.383 e. The van der Waals surface area contributed by atoms with E-state index < -0.39 is 0 Å². The van der Waals surface area contributed by atoms with Gasteiger partial charge in [0.2, 0.25) is 0 Å². The van der Waals surface area contributed by atoms with Gasteiger partial charge in [-0.15, -0.1) is 0 Å². The molecule has 2 fully saturated rings. The van der Waals surface area contributed by atoms with E-state index in [-0.39, 0.29) is 5.54 Å². The first-order chi connectivity index (χ1) is 8.67. The van der Waals surface area contributed by atoms with E-state index in [2.05, 4.69) is 18.7 Å². The van der Waals surface area contributed by atoms with E-state index in [9.17, 15) is 0 Å². The van der Waals surface area contributed by atoms with Crippen molar-refractivity contribution < 1.29 is 4.74 Å². The first-order valence-corrected chi connectivity index (χ1v) is 7.63. The molecule has 2 bridgehead atoms. The van der Waals surface area contributed by atoms with Crippen molar-refractivity contribution in [2.75, 3.05) is 26.8 Å². The number of hydrogen-bond donors (Lipinski definition) is 1. The maximum Gasteiger partial charge on any atom is 0.0590 e. The lowest BCUT2D eigenvalue weighted by atomic mass is 9.78. The number of methoxy groups -OCH3 is 1. The molecule has 2 saturated carbocycles. The van der Waals surface area contributed by atoms with Gasteiger partial charge in [0.25, 0.3) is 0 Å². The SMILES string of the molecule is CCC(C)N(CCOC)C1(CN)CC2CCC1C2. The fraction of sp³-hybridized carbons (Fsp3) is 1.00. The molecule has 3 heteroatoms. The number of rotatable bonds is 7. The highest BCUT2D eigenvalue weighted by Crippen LogP contribution is 2.53. The van der Waals surface area contributed by atoms with Gasteiger partial charge in [-0.1, -0.05) is 13.3 Å². The smallest absolute Gasteiger partial charge is 0.0590 e. The second-order valence-electron chi connectivity index (χ2n) is 6.33. The van der Waals surface area contributed by atoms with Crippen LogP contribution in [-0.4, -0.2) is 43.3 Å². The monoisotopic (exact) mass is 254 g/mol. The molecular formula is C15H30N2O. The van der Waals surface area contributed by atoms with E-state index in [1.54, 1.807) is 7.11 Å². The first-order valence-electron chi connectivity index (χ1n) is 7.63. The second kappa shape index (κ2) is 5.89. The zero-order valence-electron chi connectivity index (χ0n) is 12.3. The summed E-state index contributed by atoms with van der Waals surface area (Å²) in [4.78, 5) is 2.68. The molecule has 18 heavy (non-hydrogen) atoms. The highest BCUT2D eigenvalue weighted by atomic mass is 16.5. The van der Waals surface area contributed by atoms with Crippen molar-refractivity contribution in [2.24, 2.45) is 17.6 Å². The zero-order chi connectivity index (χ0) is 13.2. The number of nitrogens with two attached hydrogens (primary N) is 1. The normalized spacial score (nSPS) is 36.5. The highest BCUT2D eigenvalue weighted by molar-refractivity contribution is 5.09. The predicted molar refractivity (Wildman–Crippen MR) is 75.6 cm³/mol. The molecule has 2 aliphatic rings. The van der Waals surface area contributed by atoms with Crippen molar-refractivity contribution in [3.63, 3.8) is 0 Å². The molecule has 0 aliphatic heterocycles. The third kappa shape index (κ3) is 2.33. The Labute approximate surface area is 112 Å². The van der Waals surface area contributed by atoms with E-state index in [0.717, 1.165) is 31.5 Å². The summed E-state index contributed by atoms with van der Waals surface area (Å²) in [6.45, 7) is 7.30. The van der Waals surface area contributed by atoms with Crippen LogP contribution in [-0.2, 0) is 4.74 Å². The maximum atomic E-state index is 6.24. The Balaban J connectivity index is 2.16. The molecule has 0 saturated heterocycles. The summed E-state index contributed by atoms with van der Waals surface area (Å²) in [6, 6.07) is 0.614. The molecule has 0 heterocycles. The number of nitrogens with zero attached hydrogens (tertiary/aromatic N) is 1. The lowest BCUT2D eigenvalue weighted by Crippen LogP contribution is -2.60. The van der Waals surface area contributed by atoms with Crippen molar-refractivity contribution in [1.82, 2.24) is 4.90 Å². The van der Waals surface area contributed by atoms with E-state index in [0.29, 0.717) is 6.04 Å². The molecule has 4 unspecified atom stereocenters. The van der Waals surface area contributed by atoms with Crippen LogP contribution in [0.25, 0.3) is 0 Å². The molecule has 2 rings (SSSR count). The third-order valence-electron chi connectivity index (χ3n) is 5.53. The highest BCUT2D eigenvalue weighted by Gasteiger charge is 2.53. The Morgan fingerprint density at radius 3 is 2.67 bits per heavy atom. The zero-order valence-corrected chi connectivity index (χ0v) is 12.3. The quantitative estimate of drug-likeness (QED) is 0.757. The summed E-state index contributed by atoms with van der Waals surface area (Å²) < 4.78 is 5.31. The average Bonchev–Trinajstić information content (AvgIpc) is 2.99. The molecule has 2 aliphatic carbocycles. The summed E-state index contributed by atoms with van der Waals surface area (Å²) in [6.07, 6.45) is 6.76. The van der Waals surface area contributed by atoms with E-state index >= 15 is 0 Å². The van der Waals surface area contributed by atoms with Crippen molar-refractivity contribution in [3.05, 3.63) is 0 Å². The van der Waals surface area contributed by atoms with Gasteiger partial charge in [0.05, 0.1) is 6.61 Å². The van der Waals surface area contributed by atoms with Gasteiger partial charge < -0.3 is 10.5 Å². The molecule has 0 radical (unpaired) electrons. The van der Waals surface area contributed by atoms with Crippen molar-refractivity contribution in [1.29, 1.82) is 0 Å². The Bertz CT molecular complexity index is 271. The predicted octanol–water partition coefficient (Wildman–Crippen LogP) is 2.25. The van der Waals surface area contributed by atoms with Gasteiger partial charge >= 0.3 is 0 Å². The molecule has 3 nitrogen and oxygen atoms in total. The lowest BCUT2D eigenvalue weighted by molar-refractivity contribution is -0.00768. The maximum absolute atomic E-state index is 6.24. The van der Waals surface area contributed by atoms with Crippen LogP contribution in [0.4, 0.5) is 0 Å². The minimum atomic E-state index is 0.275. The number of hydrogen-bond acceptors (Lipinski definition) is 3. The molecule has 0 spiro atoms. The summed E-state index contributed by atoms with van der Waals surface area (Å²) in [5.74, 6) is 1.77. The van der Waals surface area contributed by atoms with Gasteiger partial charge in [-0.05, 0) is 44.4 Å². The third-order valence-corrected chi connectivity index (χ3v) is 5.53. The molecule has 0 aromatic rings. The summed E-state index contributed by atoms with van der Waals surface area (Å²) in [5.41, 5.74) is 6.51. The summed E-state index contributed by atoms with van der Waals surface area (Å²) in [7, 11) is 1.80. The van der Waals surface area contributed by atoms with Crippen molar-refractivity contribution >= 4 is 0 Å². The standard InChI is InChI=1S/C15H30N2O/c1-4-12(2)17(7-8-18-3)15(11-16)10-13-5-6-14(15)9-13/h12-14H,4-11,16H2,1-3H3.